The molecule has 1 atom stereocenters. The van der Waals surface area contributed by atoms with Gasteiger partial charge in [-0.1, -0.05) is 31.6 Å². The molecule has 0 saturated carbocycles. The molecule has 0 aromatic carbocycles. The first-order valence-corrected chi connectivity index (χ1v) is 7.99. The fourth-order valence-corrected chi connectivity index (χ4v) is 2.96. The number of nitrogens with zero attached hydrogens (tertiary/aromatic N) is 2. The summed E-state index contributed by atoms with van der Waals surface area (Å²) in [6, 6.07) is 3.32. The molecule has 1 aromatic rings. The molecular formula is C19H25N3O. The van der Waals surface area contributed by atoms with Gasteiger partial charge in [0.15, 0.2) is 0 Å². The summed E-state index contributed by atoms with van der Waals surface area (Å²) in [5.41, 5.74) is 5.57. The van der Waals surface area contributed by atoms with Crippen LogP contribution in [0.5, 0.6) is 0 Å². The van der Waals surface area contributed by atoms with Gasteiger partial charge in [0.25, 0.3) is 5.91 Å². The Bertz CT molecular complexity index is 642. The Morgan fingerprint density at radius 2 is 2.09 bits per heavy atom. The number of hydrogen-bond donors (Lipinski definition) is 1. The minimum atomic E-state index is -0.228. The first kappa shape index (κ1) is 17.1. The fraction of sp³-hybridized carbons (Fsp3) is 0.421. The van der Waals surface area contributed by atoms with Crippen molar-refractivity contribution in [2.75, 3.05) is 0 Å². The zero-order valence-electron chi connectivity index (χ0n) is 14.3. The third kappa shape index (κ3) is 4.62. The molecule has 1 aromatic heterocycles. The van der Waals surface area contributed by atoms with Gasteiger partial charge < -0.3 is 0 Å². The first-order valence-electron chi connectivity index (χ1n) is 7.99. The first-order chi connectivity index (χ1) is 10.9. The molecule has 0 spiro atoms. The number of nitrogens with one attached hydrogen (secondary N) is 1. The maximum atomic E-state index is 11.9. The molecule has 1 aliphatic carbocycles. The Morgan fingerprint density at radius 3 is 2.74 bits per heavy atom. The Hall–Kier alpha value is -2.23. The van der Waals surface area contributed by atoms with E-state index in [1.165, 1.54) is 12.0 Å². The van der Waals surface area contributed by atoms with E-state index in [4.69, 9.17) is 0 Å². The zero-order chi connectivity index (χ0) is 16.9. The van der Waals surface area contributed by atoms with Gasteiger partial charge in [0.1, 0.15) is 0 Å². The summed E-state index contributed by atoms with van der Waals surface area (Å²) >= 11 is 0. The second-order valence-electron chi connectivity index (χ2n) is 6.74. The Kier molecular flexibility index (Phi) is 5.48. The van der Waals surface area contributed by atoms with Crippen molar-refractivity contribution < 1.29 is 4.79 Å². The number of rotatable bonds is 4. The van der Waals surface area contributed by atoms with Crippen LogP contribution in [0.25, 0.3) is 0 Å². The van der Waals surface area contributed by atoms with Gasteiger partial charge in [-0.2, -0.15) is 5.10 Å². The van der Waals surface area contributed by atoms with Crippen LogP contribution in [0.2, 0.25) is 0 Å². The third-order valence-corrected chi connectivity index (χ3v) is 4.39. The summed E-state index contributed by atoms with van der Waals surface area (Å²) in [7, 11) is 0. The predicted octanol–water partition coefficient (Wildman–Crippen LogP) is 4.13. The molecule has 0 saturated heterocycles. The van der Waals surface area contributed by atoms with E-state index in [2.05, 4.69) is 48.4 Å². The SMILES string of the molecule is CC1=CCCC(C)(C)[C@H]1/C=C/C(C)=N\NC(=O)c1ccncc1. The van der Waals surface area contributed by atoms with Crippen molar-refractivity contribution >= 4 is 11.6 Å². The van der Waals surface area contributed by atoms with E-state index in [9.17, 15) is 4.79 Å². The topological polar surface area (TPSA) is 54.4 Å². The maximum Gasteiger partial charge on any atom is 0.271 e. The molecule has 0 bridgehead atoms. The van der Waals surface area contributed by atoms with Crippen molar-refractivity contribution in [3.8, 4) is 0 Å². The average Bonchev–Trinajstić information content (AvgIpc) is 2.52. The van der Waals surface area contributed by atoms with Crippen molar-refractivity contribution in [3.05, 3.63) is 53.9 Å². The highest BCUT2D eigenvalue weighted by Crippen LogP contribution is 2.41. The number of hydrogen-bond acceptors (Lipinski definition) is 3. The molecule has 2 rings (SSSR count). The molecule has 1 N–H and O–H groups in total. The van der Waals surface area contributed by atoms with Crippen LogP contribution < -0.4 is 5.43 Å². The second-order valence-corrected chi connectivity index (χ2v) is 6.74. The zero-order valence-corrected chi connectivity index (χ0v) is 14.3. The minimum absolute atomic E-state index is 0.228. The summed E-state index contributed by atoms with van der Waals surface area (Å²) in [6.45, 7) is 8.68. The van der Waals surface area contributed by atoms with Crippen molar-refractivity contribution in [2.45, 2.75) is 40.5 Å². The molecule has 122 valence electrons. The largest absolute Gasteiger partial charge is 0.271 e. The van der Waals surface area contributed by atoms with Gasteiger partial charge in [-0.15, -0.1) is 0 Å². The normalized spacial score (nSPS) is 21.1. The number of allylic oxidation sites excluding steroid dienone is 4. The van der Waals surface area contributed by atoms with Gasteiger partial charge in [-0.3, -0.25) is 9.78 Å². The lowest BCUT2D eigenvalue weighted by molar-refractivity contribution is 0.0954. The molecule has 1 heterocycles. The van der Waals surface area contributed by atoms with Crippen molar-refractivity contribution in [1.82, 2.24) is 10.4 Å². The molecule has 23 heavy (non-hydrogen) atoms. The van der Waals surface area contributed by atoms with Crippen LogP contribution in [0, 0.1) is 11.3 Å². The van der Waals surface area contributed by atoms with E-state index in [-0.39, 0.29) is 11.3 Å². The molecule has 4 heteroatoms. The van der Waals surface area contributed by atoms with E-state index < -0.39 is 0 Å². The lowest BCUT2D eigenvalue weighted by Gasteiger charge is -2.36. The van der Waals surface area contributed by atoms with Crippen LogP contribution in [0.4, 0.5) is 0 Å². The van der Waals surface area contributed by atoms with Crippen LogP contribution in [-0.4, -0.2) is 16.6 Å². The van der Waals surface area contributed by atoms with Gasteiger partial charge >= 0.3 is 0 Å². The highest BCUT2D eigenvalue weighted by molar-refractivity contribution is 5.97. The molecule has 0 unspecified atom stereocenters. The molecule has 0 fully saturated rings. The third-order valence-electron chi connectivity index (χ3n) is 4.39. The highest BCUT2D eigenvalue weighted by Gasteiger charge is 2.30. The van der Waals surface area contributed by atoms with E-state index in [0.29, 0.717) is 11.5 Å². The summed E-state index contributed by atoms with van der Waals surface area (Å²) < 4.78 is 0. The maximum absolute atomic E-state index is 11.9. The molecule has 1 amide bonds. The lowest BCUT2D eigenvalue weighted by Crippen LogP contribution is -2.26. The predicted molar refractivity (Wildman–Crippen MR) is 94.2 cm³/mol. The van der Waals surface area contributed by atoms with Crippen LogP contribution in [-0.2, 0) is 0 Å². The Labute approximate surface area is 138 Å². The number of carbonyl (C=O) groups is 1. The second kappa shape index (κ2) is 7.36. The molecular weight excluding hydrogens is 286 g/mol. The Balaban J connectivity index is 2.00. The van der Waals surface area contributed by atoms with Gasteiger partial charge in [0.05, 0.1) is 5.71 Å². The summed E-state index contributed by atoms with van der Waals surface area (Å²) in [4.78, 5) is 15.8. The van der Waals surface area contributed by atoms with Gasteiger partial charge in [0.2, 0.25) is 0 Å². The summed E-state index contributed by atoms with van der Waals surface area (Å²) in [5.74, 6) is 0.187. The summed E-state index contributed by atoms with van der Waals surface area (Å²) in [6.07, 6.45) is 12.0. The van der Waals surface area contributed by atoms with Crippen LogP contribution in [0.15, 0.2) is 53.4 Å². The Morgan fingerprint density at radius 1 is 1.39 bits per heavy atom. The molecule has 0 aliphatic heterocycles. The molecule has 4 nitrogen and oxygen atoms in total. The molecule has 0 radical (unpaired) electrons. The van der Waals surface area contributed by atoms with E-state index in [1.807, 2.05) is 13.0 Å². The van der Waals surface area contributed by atoms with Crippen LogP contribution >= 0.6 is 0 Å². The average molecular weight is 311 g/mol. The van der Waals surface area contributed by atoms with E-state index in [1.54, 1.807) is 24.5 Å². The van der Waals surface area contributed by atoms with Crippen molar-refractivity contribution in [3.63, 3.8) is 0 Å². The standard InChI is InChI=1S/C19H25N3O/c1-14-6-5-11-19(3,4)17(14)8-7-15(2)21-22-18(23)16-9-12-20-13-10-16/h6-10,12-13,17H,5,11H2,1-4H3,(H,22,23)/b8-7+,21-15-/t17-/m0/s1. The monoisotopic (exact) mass is 311 g/mol. The smallest absolute Gasteiger partial charge is 0.267 e. The van der Waals surface area contributed by atoms with Crippen molar-refractivity contribution in [2.24, 2.45) is 16.4 Å². The van der Waals surface area contributed by atoms with Crippen LogP contribution in [0.1, 0.15) is 50.9 Å². The highest BCUT2D eigenvalue weighted by atomic mass is 16.2. The van der Waals surface area contributed by atoms with Crippen LogP contribution in [0.3, 0.4) is 0 Å². The van der Waals surface area contributed by atoms with E-state index >= 15 is 0 Å². The number of hydrazone groups is 1. The van der Waals surface area contributed by atoms with Gasteiger partial charge in [0, 0.05) is 23.9 Å². The number of amides is 1. The van der Waals surface area contributed by atoms with Crippen molar-refractivity contribution in [1.29, 1.82) is 0 Å². The minimum Gasteiger partial charge on any atom is -0.267 e. The van der Waals surface area contributed by atoms with E-state index in [0.717, 1.165) is 12.1 Å². The fourth-order valence-electron chi connectivity index (χ4n) is 2.96. The van der Waals surface area contributed by atoms with Gasteiger partial charge in [-0.05, 0) is 50.3 Å². The summed E-state index contributed by atoms with van der Waals surface area (Å²) in [5, 5.41) is 4.15. The number of pyridine rings is 1. The lowest BCUT2D eigenvalue weighted by atomic mass is 9.68. The number of aromatic nitrogens is 1. The quantitative estimate of drug-likeness (QED) is 0.516. The van der Waals surface area contributed by atoms with Gasteiger partial charge in [-0.25, -0.2) is 5.43 Å². The molecule has 1 aliphatic rings. The number of carbonyl (C=O) groups excluding carboxylic acids is 1.